The zero-order valence-electron chi connectivity index (χ0n) is 21.2. The molecule has 0 aliphatic carbocycles. The summed E-state index contributed by atoms with van der Waals surface area (Å²) < 4.78 is 16.6. The van der Waals surface area contributed by atoms with Crippen molar-refractivity contribution in [2.75, 3.05) is 56.8 Å². The maximum Gasteiger partial charge on any atom is 0.294 e. The number of amides is 3. The number of para-hydroxylation sites is 2. The molecule has 0 aromatic heterocycles. The van der Waals surface area contributed by atoms with Crippen molar-refractivity contribution in [2.24, 2.45) is 5.92 Å². The van der Waals surface area contributed by atoms with Gasteiger partial charge in [0.15, 0.2) is 11.5 Å². The van der Waals surface area contributed by atoms with E-state index in [1.54, 1.807) is 37.5 Å². The van der Waals surface area contributed by atoms with E-state index in [4.69, 9.17) is 14.2 Å². The number of anilines is 2. The van der Waals surface area contributed by atoms with Crippen molar-refractivity contribution in [1.29, 1.82) is 0 Å². The first kappa shape index (κ1) is 26.6. The van der Waals surface area contributed by atoms with Gasteiger partial charge in [0.05, 0.1) is 43.2 Å². The van der Waals surface area contributed by atoms with Crippen molar-refractivity contribution < 1.29 is 28.6 Å². The number of morpholine rings is 1. The Labute approximate surface area is 220 Å². The van der Waals surface area contributed by atoms with Crippen LogP contribution < -0.4 is 19.7 Å². The topological polar surface area (TPSA) is 97.4 Å². The Balaban J connectivity index is 1.43. The minimum Gasteiger partial charge on any atom is -0.493 e. The highest BCUT2D eigenvalue weighted by atomic mass is 32.2. The summed E-state index contributed by atoms with van der Waals surface area (Å²) in [6.07, 6.45) is 1.62. The van der Waals surface area contributed by atoms with E-state index in [0.29, 0.717) is 48.5 Å². The molecule has 196 valence electrons. The molecule has 1 N–H and O–H groups in total. The lowest BCUT2D eigenvalue weighted by atomic mass is 10.1. The molecule has 2 aliphatic rings. The second-order valence-corrected chi connectivity index (χ2v) is 10.0. The van der Waals surface area contributed by atoms with Crippen LogP contribution in [0.3, 0.4) is 0 Å². The molecule has 0 radical (unpaired) electrons. The summed E-state index contributed by atoms with van der Waals surface area (Å²) in [7, 11) is 1.55. The van der Waals surface area contributed by atoms with Gasteiger partial charge in [0.2, 0.25) is 5.91 Å². The Morgan fingerprint density at radius 1 is 1.14 bits per heavy atom. The molecule has 2 aromatic rings. The third-order valence-corrected chi connectivity index (χ3v) is 6.67. The first-order valence-corrected chi connectivity index (χ1v) is 12.9. The van der Waals surface area contributed by atoms with Gasteiger partial charge in [-0.3, -0.25) is 19.3 Å². The van der Waals surface area contributed by atoms with E-state index in [1.165, 1.54) is 0 Å². The van der Waals surface area contributed by atoms with Gasteiger partial charge >= 0.3 is 0 Å². The number of nitrogens with one attached hydrogen (secondary N) is 1. The van der Waals surface area contributed by atoms with E-state index in [1.807, 2.05) is 18.2 Å². The van der Waals surface area contributed by atoms with Crippen molar-refractivity contribution in [3.8, 4) is 11.5 Å². The van der Waals surface area contributed by atoms with Crippen molar-refractivity contribution >= 4 is 46.3 Å². The highest BCUT2D eigenvalue weighted by Gasteiger charge is 2.36. The summed E-state index contributed by atoms with van der Waals surface area (Å²) >= 11 is 0.807. The summed E-state index contributed by atoms with van der Waals surface area (Å²) in [6.45, 7) is 6.96. The maximum absolute atomic E-state index is 13.0. The lowest BCUT2D eigenvalue weighted by molar-refractivity contribution is -0.127. The second-order valence-electron chi connectivity index (χ2n) is 9.05. The van der Waals surface area contributed by atoms with Crippen molar-refractivity contribution in [1.82, 2.24) is 4.90 Å². The van der Waals surface area contributed by atoms with Crippen molar-refractivity contribution in [3.63, 3.8) is 0 Å². The van der Waals surface area contributed by atoms with Crippen LogP contribution in [0.2, 0.25) is 0 Å². The molecular formula is C27H31N3O6S. The van der Waals surface area contributed by atoms with Crippen molar-refractivity contribution in [3.05, 3.63) is 52.9 Å². The largest absolute Gasteiger partial charge is 0.493 e. The fraction of sp³-hybridized carbons (Fsp3) is 0.370. The summed E-state index contributed by atoms with van der Waals surface area (Å²) in [4.78, 5) is 41.7. The third kappa shape index (κ3) is 6.64. The number of carbonyl (C=O) groups is 3. The molecule has 2 heterocycles. The second kappa shape index (κ2) is 12.2. The third-order valence-electron chi connectivity index (χ3n) is 5.76. The normalized spacial score (nSPS) is 17.0. The summed E-state index contributed by atoms with van der Waals surface area (Å²) in [5.74, 6) is 0.548. The maximum atomic E-state index is 13.0. The average molecular weight is 526 g/mol. The molecule has 10 heteroatoms. The first-order chi connectivity index (χ1) is 17.9. The number of hydrogen-bond acceptors (Lipinski definition) is 8. The molecule has 3 amide bonds. The minimum absolute atomic E-state index is 0.240. The van der Waals surface area contributed by atoms with E-state index in [-0.39, 0.29) is 11.4 Å². The Kier molecular flexibility index (Phi) is 8.73. The van der Waals surface area contributed by atoms with Gasteiger partial charge in [-0.25, -0.2) is 0 Å². The number of benzene rings is 2. The van der Waals surface area contributed by atoms with Crippen molar-refractivity contribution in [2.45, 2.75) is 13.8 Å². The fourth-order valence-electron chi connectivity index (χ4n) is 3.93. The lowest BCUT2D eigenvalue weighted by Crippen LogP contribution is -2.38. The molecule has 37 heavy (non-hydrogen) atoms. The van der Waals surface area contributed by atoms with Crippen LogP contribution in [0, 0.1) is 5.92 Å². The molecule has 0 bridgehead atoms. The molecule has 2 aromatic carbocycles. The van der Waals surface area contributed by atoms with E-state index >= 15 is 0 Å². The van der Waals surface area contributed by atoms with Crippen LogP contribution >= 0.6 is 11.8 Å². The zero-order chi connectivity index (χ0) is 26.4. The molecular weight excluding hydrogens is 494 g/mol. The number of rotatable bonds is 9. The zero-order valence-corrected chi connectivity index (χ0v) is 22.0. The molecule has 9 nitrogen and oxygen atoms in total. The van der Waals surface area contributed by atoms with Crippen LogP contribution in [0.1, 0.15) is 19.4 Å². The van der Waals surface area contributed by atoms with Gasteiger partial charge in [0, 0.05) is 13.1 Å². The van der Waals surface area contributed by atoms with Gasteiger partial charge in [-0.05, 0) is 53.6 Å². The number of imide groups is 1. The number of thioether (sulfide) groups is 1. The molecule has 0 saturated carbocycles. The fourth-order valence-corrected chi connectivity index (χ4v) is 4.77. The molecule has 4 rings (SSSR count). The number of nitrogens with zero attached hydrogens (tertiary/aromatic N) is 2. The Bertz CT molecular complexity index is 1190. The van der Waals surface area contributed by atoms with E-state index in [2.05, 4.69) is 24.1 Å². The predicted octanol–water partition coefficient (Wildman–Crippen LogP) is 4.24. The number of carbonyl (C=O) groups excluding carboxylic acids is 3. The molecule has 0 atom stereocenters. The van der Waals surface area contributed by atoms with Gasteiger partial charge in [-0.1, -0.05) is 32.0 Å². The number of methoxy groups -OCH3 is 1. The van der Waals surface area contributed by atoms with Gasteiger partial charge in [-0.15, -0.1) is 0 Å². The Morgan fingerprint density at radius 2 is 1.89 bits per heavy atom. The molecule has 2 saturated heterocycles. The van der Waals surface area contributed by atoms with Crippen LogP contribution in [-0.2, 0) is 14.3 Å². The van der Waals surface area contributed by atoms with Crippen LogP contribution in [0.15, 0.2) is 47.4 Å². The van der Waals surface area contributed by atoms with Crippen LogP contribution in [0.25, 0.3) is 6.08 Å². The van der Waals surface area contributed by atoms with Crippen LogP contribution in [0.5, 0.6) is 11.5 Å². The Morgan fingerprint density at radius 3 is 2.62 bits per heavy atom. The quantitative estimate of drug-likeness (QED) is 0.486. The summed E-state index contributed by atoms with van der Waals surface area (Å²) in [5.41, 5.74) is 2.19. The van der Waals surface area contributed by atoms with Gasteiger partial charge in [-0.2, -0.15) is 0 Å². The van der Waals surface area contributed by atoms with Crippen LogP contribution in [-0.4, -0.2) is 68.5 Å². The van der Waals surface area contributed by atoms with Gasteiger partial charge < -0.3 is 24.4 Å². The highest BCUT2D eigenvalue weighted by Crippen LogP contribution is 2.35. The SMILES string of the molecule is COc1cc(/C=C2\SC(=O)N(CC(=O)Nc3ccccc3N3CCOCC3)C2=O)ccc1OCC(C)C. The summed E-state index contributed by atoms with van der Waals surface area (Å²) in [6, 6.07) is 12.8. The minimum atomic E-state index is -0.509. The molecule has 2 fully saturated rings. The predicted molar refractivity (Wildman–Crippen MR) is 144 cm³/mol. The number of hydrogen-bond donors (Lipinski definition) is 1. The van der Waals surface area contributed by atoms with Gasteiger partial charge in [0.25, 0.3) is 11.1 Å². The Hall–Kier alpha value is -3.50. The molecule has 2 aliphatic heterocycles. The average Bonchev–Trinajstić information content (AvgIpc) is 3.15. The van der Waals surface area contributed by atoms with Crippen LogP contribution in [0.4, 0.5) is 16.2 Å². The number of ether oxygens (including phenoxy) is 3. The van der Waals surface area contributed by atoms with E-state index in [9.17, 15) is 14.4 Å². The monoisotopic (exact) mass is 525 g/mol. The van der Waals surface area contributed by atoms with Gasteiger partial charge in [0.1, 0.15) is 6.54 Å². The van der Waals surface area contributed by atoms with E-state index < -0.39 is 17.1 Å². The smallest absolute Gasteiger partial charge is 0.294 e. The highest BCUT2D eigenvalue weighted by molar-refractivity contribution is 8.18. The lowest BCUT2D eigenvalue weighted by Gasteiger charge is -2.30. The summed E-state index contributed by atoms with van der Waals surface area (Å²) in [5, 5.41) is 2.37. The first-order valence-electron chi connectivity index (χ1n) is 12.1. The van der Waals surface area contributed by atoms with E-state index in [0.717, 1.165) is 35.4 Å². The molecule has 0 spiro atoms. The molecule has 0 unspecified atom stereocenters. The standard InChI is InChI=1S/C27H31N3O6S/c1-18(2)17-36-22-9-8-19(14-23(22)34-3)15-24-26(32)30(27(33)37-24)16-25(31)28-20-6-4-5-7-21(20)29-10-12-35-13-11-29/h4-9,14-15,18H,10-13,16-17H2,1-3H3,(H,28,31)/b24-15-.